The first-order valence-electron chi connectivity index (χ1n) is 4.26. The van der Waals surface area contributed by atoms with Crippen LogP contribution in [-0.4, -0.2) is 33.1 Å². The highest BCUT2D eigenvalue weighted by Crippen LogP contribution is 2.24. The molecule has 6 nitrogen and oxygen atoms in total. The van der Waals surface area contributed by atoms with Crippen molar-refractivity contribution in [3.05, 3.63) is 23.6 Å². The smallest absolute Gasteiger partial charge is 0.365 e. The second kappa shape index (κ2) is 4.23. The van der Waals surface area contributed by atoms with Crippen LogP contribution in [0, 0.1) is 0 Å². The van der Waals surface area contributed by atoms with Gasteiger partial charge >= 0.3 is 5.97 Å². The van der Waals surface area contributed by atoms with Gasteiger partial charge in [-0.05, 0) is 0 Å². The van der Waals surface area contributed by atoms with Crippen molar-refractivity contribution >= 4 is 17.3 Å². The molecule has 0 aromatic carbocycles. The third-order valence-electron chi connectivity index (χ3n) is 1.76. The summed E-state index contributed by atoms with van der Waals surface area (Å²) in [6.07, 6.45) is 4.46. The van der Waals surface area contributed by atoms with Crippen LogP contribution in [0.5, 0.6) is 5.88 Å². The number of aromatic carboxylic acids is 1. The summed E-state index contributed by atoms with van der Waals surface area (Å²) >= 11 is 1.04. The van der Waals surface area contributed by atoms with Crippen LogP contribution in [-0.2, 0) is 0 Å². The van der Waals surface area contributed by atoms with Crippen LogP contribution in [0.25, 0.3) is 10.6 Å². The molecule has 2 rings (SSSR count). The van der Waals surface area contributed by atoms with Crippen molar-refractivity contribution in [2.45, 2.75) is 0 Å². The van der Waals surface area contributed by atoms with Crippen molar-refractivity contribution in [3.8, 4) is 16.5 Å². The standard InChI is InChI=1S/C9H7N3O3S/c1-15-7-4-10-2-5(12-7)6-3-11-8(16-6)9(13)14/h2-4H,1H3,(H,13,14). The van der Waals surface area contributed by atoms with Crippen LogP contribution in [0.4, 0.5) is 0 Å². The fourth-order valence-corrected chi connectivity index (χ4v) is 1.77. The molecule has 0 amide bonds. The lowest BCUT2D eigenvalue weighted by molar-refractivity contribution is 0.0696. The third-order valence-corrected chi connectivity index (χ3v) is 2.77. The number of hydrogen-bond acceptors (Lipinski definition) is 6. The summed E-state index contributed by atoms with van der Waals surface area (Å²) in [5.41, 5.74) is 0.546. The van der Waals surface area contributed by atoms with Crippen molar-refractivity contribution in [2.75, 3.05) is 7.11 Å². The minimum absolute atomic E-state index is 0.0274. The van der Waals surface area contributed by atoms with Gasteiger partial charge in [0.1, 0.15) is 5.69 Å². The number of carboxylic acids is 1. The summed E-state index contributed by atoms with van der Waals surface area (Å²) < 4.78 is 4.92. The second-order valence-corrected chi connectivity index (χ2v) is 3.81. The maximum atomic E-state index is 10.7. The van der Waals surface area contributed by atoms with Gasteiger partial charge in [0.25, 0.3) is 0 Å². The minimum Gasteiger partial charge on any atom is -0.480 e. The molecular weight excluding hydrogens is 230 g/mol. The van der Waals surface area contributed by atoms with Gasteiger partial charge in [0, 0.05) is 6.20 Å². The SMILES string of the molecule is COc1cncc(-c2cnc(C(=O)O)s2)n1. The Morgan fingerprint density at radius 2 is 2.25 bits per heavy atom. The monoisotopic (exact) mass is 237 g/mol. The lowest BCUT2D eigenvalue weighted by atomic mass is 10.4. The number of carbonyl (C=O) groups is 1. The lowest BCUT2D eigenvalue weighted by Gasteiger charge is -1.99. The zero-order valence-corrected chi connectivity index (χ0v) is 9.06. The fraction of sp³-hybridized carbons (Fsp3) is 0.111. The fourth-order valence-electron chi connectivity index (χ4n) is 1.06. The third kappa shape index (κ3) is 1.98. The number of carboxylic acid groups (broad SMARTS) is 1. The van der Waals surface area contributed by atoms with Crippen LogP contribution in [0.3, 0.4) is 0 Å². The molecule has 0 saturated heterocycles. The van der Waals surface area contributed by atoms with Crippen molar-refractivity contribution in [3.63, 3.8) is 0 Å². The predicted molar refractivity (Wildman–Crippen MR) is 56.7 cm³/mol. The average Bonchev–Trinajstić information content (AvgIpc) is 2.78. The van der Waals surface area contributed by atoms with E-state index in [0.29, 0.717) is 16.5 Å². The Morgan fingerprint density at radius 3 is 2.88 bits per heavy atom. The quantitative estimate of drug-likeness (QED) is 0.866. The van der Waals surface area contributed by atoms with Crippen molar-refractivity contribution in [1.82, 2.24) is 15.0 Å². The number of nitrogens with zero attached hydrogens (tertiary/aromatic N) is 3. The molecule has 2 heterocycles. The van der Waals surface area contributed by atoms with Gasteiger partial charge in [0.15, 0.2) is 0 Å². The van der Waals surface area contributed by atoms with Gasteiger partial charge in [-0.2, -0.15) is 0 Å². The summed E-state index contributed by atoms with van der Waals surface area (Å²) in [5, 5.41) is 8.76. The number of ether oxygens (including phenoxy) is 1. The van der Waals surface area contributed by atoms with E-state index < -0.39 is 5.97 Å². The topological polar surface area (TPSA) is 85.2 Å². The van der Waals surface area contributed by atoms with Crippen LogP contribution < -0.4 is 4.74 Å². The van der Waals surface area contributed by atoms with Crippen molar-refractivity contribution in [1.29, 1.82) is 0 Å². The molecule has 0 aliphatic rings. The molecule has 1 N–H and O–H groups in total. The van der Waals surface area contributed by atoms with Crippen LogP contribution in [0.1, 0.15) is 9.80 Å². The Bertz CT molecular complexity index is 526. The van der Waals surface area contributed by atoms with Gasteiger partial charge in [-0.25, -0.2) is 14.8 Å². The molecular formula is C9H7N3O3S. The van der Waals surface area contributed by atoms with Gasteiger partial charge in [-0.1, -0.05) is 0 Å². The largest absolute Gasteiger partial charge is 0.480 e. The molecule has 0 fully saturated rings. The zero-order valence-electron chi connectivity index (χ0n) is 8.25. The van der Waals surface area contributed by atoms with Gasteiger partial charge in [-0.3, -0.25) is 4.98 Å². The summed E-state index contributed by atoms with van der Waals surface area (Å²) in [4.78, 5) is 23.1. The Labute approximate surface area is 94.6 Å². The zero-order chi connectivity index (χ0) is 11.5. The van der Waals surface area contributed by atoms with Crippen molar-refractivity contribution in [2.24, 2.45) is 0 Å². The molecule has 2 aromatic rings. The Hall–Kier alpha value is -2.02. The summed E-state index contributed by atoms with van der Waals surface area (Å²) in [5.74, 6) is -0.671. The maximum absolute atomic E-state index is 10.7. The number of methoxy groups -OCH3 is 1. The molecule has 7 heteroatoms. The van der Waals surface area contributed by atoms with E-state index in [9.17, 15) is 4.79 Å². The van der Waals surface area contributed by atoms with Gasteiger partial charge in [-0.15, -0.1) is 11.3 Å². The second-order valence-electron chi connectivity index (χ2n) is 2.78. The van der Waals surface area contributed by atoms with Gasteiger partial charge in [0.2, 0.25) is 10.9 Å². The van der Waals surface area contributed by atoms with Crippen LogP contribution >= 0.6 is 11.3 Å². The summed E-state index contributed by atoms with van der Waals surface area (Å²) in [6, 6.07) is 0. The molecule has 0 aliphatic heterocycles. The van der Waals surface area contributed by atoms with Crippen molar-refractivity contribution < 1.29 is 14.6 Å². The number of aromatic nitrogens is 3. The van der Waals surface area contributed by atoms with Gasteiger partial charge in [0.05, 0.1) is 24.4 Å². The van der Waals surface area contributed by atoms with E-state index in [-0.39, 0.29) is 5.01 Å². The number of hydrogen-bond donors (Lipinski definition) is 1. The van der Waals surface area contributed by atoms with E-state index in [4.69, 9.17) is 9.84 Å². The highest BCUT2D eigenvalue weighted by atomic mass is 32.1. The van der Waals surface area contributed by atoms with E-state index in [1.807, 2.05) is 0 Å². The summed E-state index contributed by atoms with van der Waals surface area (Å²) in [7, 11) is 1.49. The van der Waals surface area contributed by atoms with E-state index in [0.717, 1.165) is 11.3 Å². The van der Waals surface area contributed by atoms with Crippen LogP contribution in [0.2, 0.25) is 0 Å². The lowest BCUT2D eigenvalue weighted by Crippen LogP contribution is -1.92. The van der Waals surface area contributed by atoms with E-state index in [1.54, 1.807) is 0 Å². The molecule has 16 heavy (non-hydrogen) atoms. The Balaban J connectivity index is 2.38. The average molecular weight is 237 g/mol. The molecule has 2 aromatic heterocycles. The molecule has 0 radical (unpaired) electrons. The normalized spacial score (nSPS) is 10.1. The molecule has 0 saturated carbocycles. The number of thiazole rings is 1. The number of rotatable bonds is 3. The predicted octanol–water partition coefficient (Wildman–Crippen LogP) is 1.31. The van der Waals surface area contributed by atoms with Gasteiger partial charge < -0.3 is 9.84 Å². The van der Waals surface area contributed by atoms with E-state index in [1.165, 1.54) is 25.7 Å². The maximum Gasteiger partial charge on any atom is 0.365 e. The Kier molecular flexibility index (Phi) is 2.78. The molecule has 0 atom stereocenters. The highest BCUT2D eigenvalue weighted by Gasteiger charge is 2.11. The minimum atomic E-state index is -1.05. The van der Waals surface area contributed by atoms with Crippen LogP contribution in [0.15, 0.2) is 18.6 Å². The molecule has 0 unspecified atom stereocenters. The highest BCUT2D eigenvalue weighted by molar-refractivity contribution is 7.16. The van der Waals surface area contributed by atoms with E-state index in [2.05, 4.69) is 15.0 Å². The molecule has 0 aliphatic carbocycles. The summed E-state index contributed by atoms with van der Waals surface area (Å²) in [6.45, 7) is 0. The first kappa shape index (κ1) is 10.5. The Morgan fingerprint density at radius 1 is 1.44 bits per heavy atom. The molecule has 82 valence electrons. The molecule has 0 bridgehead atoms. The molecule has 0 spiro atoms. The first-order chi connectivity index (χ1) is 7.70. The van der Waals surface area contributed by atoms with E-state index >= 15 is 0 Å². The first-order valence-corrected chi connectivity index (χ1v) is 5.08.